The molecule has 0 aliphatic heterocycles. The van der Waals surface area contributed by atoms with Crippen LogP contribution >= 0.6 is 0 Å². The highest BCUT2D eigenvalue weighted by Crippen LogP contribution is 2.12. The minimum absolute atomic E-state index is 0.111. The summed E-state index contributed by atoms with van der Waals surface area (Å²) in [6, 6.07) is 0. The molecule has 22 heavy (non-hydrogen) atoms. The van der Waals surface area contributed by atoms with Crippen LogP contribution < -0.4 is 11.2 Å². The Labute approximate surface area is 137 Å². The summed E-state index contributed by atoms with van der Waals surface area (Å²) >= 11 is 0. The lowest BCUT2D eigenvalue weighted by atomic mass is 10.0. The van der Waals surface area contributed by atoms with E-state index in [-0.39, 0.29) is 5.91 Å². The summed E-state index contributed by atoms with van der Waals surface area (Å²) in [6.07, 6.45) is 17.9. The third-order valence-corrected chi connectivity index (χ3v) is 4.05. The van der Waals surface area contributed by atoms with Crippen molar-refractivity contribution in [1.29, 1.82) is 0 Å². The molecule has 1 amide bonds. The highest BCUT2D eigenvalue weighted by Gasteiger charge is 2.00. The summed E-state index contributed by atoms with van der Waals surface area (Å²) < 4.78 is 0. The van der Waals surface area contributed by atoms with Crippen LogP contribution in [0.4, 0.5) is 0 Å². The third-order valence-electron chi connectivity index (χ3n) is 4.05. The quantitative estimate of drug-likeness (QED) is 0.307. The average molecular weight is 315 g/mol. The van der Waals surface area contributed by atoms with E-state index in [0.717, 1.165) is 12.8 Å². The number of unbranched alkanes of at least 4 members (excludes halogenated alkanes) is 12. The number of carbonyl (C=O) groups is 1. The Bertz CT molecular complexity index is 235. The van der Waals surface area contributed by atoms with E-state index in [1.54, 1.807) is 0 Å². The van der Waals surface area contributed by atoms with Gasteiger partial charge in [0.15, 0.2) is 0 Å². The van der Waals surface area contributed by atoms with Gasteiger partial charge in [0.1, 0.15) is 0 Å². The smallest absolute Gasteiger partial charge is 0.220 e. The van der Waals surface area contributed by atoms with Gasteiger partial charge < -0.3 is 10.2 Å². The highest BCUT2D eigenvalue weighted by atomic mass is 16.6. The molecule has 0 aromatic carbocycles. The number of amides is 1. The van der Waals surface area contributed by atoms with Gasteiger partial charge in [-0.2, -0.15) is 0 Å². The van der Waals surface area contributed by atoms with E-state index >= 15 is 0 Å². The predicted octanol–water partition coefficient (Wildman–Crippen LogP) is 4.47. The van der Waals surface area contributed by atoms with Crippen molar-refractivity contribution in [2.75, 3.05) is 13.2 Å². The molecule has 0 radical (unpaired) electrons. The zero-order chi connectivity index (χ0) is 16.3. The molecule has 3 N–H and O–H groups in total. The zero-order valence-corrected chi connectivity index (χ0v) is 14.7. The maximum atomic E-state index is 11.4. The number of carbonyl (C=O) groups excluding carboxylic acids is 1. The molecule has 0 unspecified atom stereocenters. The van der Waals surface area contributed by atoms with Crippen molar-refractivity contribution in [3.63, 3.8) is 0 Å². The van der Waals surface area contributed by atoms with E-state index in [9.17, 15) is 4.79 Å². The van der Waals surface area contributed by atoms with Crippen LogP contribution in [0.1, 0.15) is 96.8 Å². The van der Waals surface area contributed by atoms with E-state index in [1.807, 2.05) is 0 Å². The monoisotopic (exact) mass is 314 g/mol. The van der Waals surface area contributed by atoms with Gasteiger partial charge in [0.25, 0.3) is 0 Å². The Kier molecular flexibility index (Phi) is 17.9. The molecule has 0 spiro atoms. The standard InChI is InChI=1S/C18H38N2O2/c1-2-3-4-5-6-7-8-9-10-11-12-13-14-15-18(21)20-16-17-22-19/h2-17,19H2,1H3,(H,20,21). The van der Waals surface area contributed by atoms with Gasteiger partial charge in [0.2, 0.25) is 5.91 Å². The number of nitrogens with one attached hydrogen (secondary N) is 1. The predicted molar refractivity (Wildman–Crippen MR) is 93.5 cm³/mol. The summed E-state index contributed by atoms with van der Waals surface area (Å²) in [5.41, 5.74) is 0. The number of hydrogen-bond acceptors (Lipinski definition) is 3. The van der Waals surface area contributed by atoms with Crippen molar-refractivity contribution >= 4 is 5.91 Å². The second-order valence-corrected chi connectivity index (χ2v) is 6.21. The molecule has 132 valence electrons. The van der Waals surface area contributed by atoms with E-state index < -0.39 is 0 Å². The van der Waals surface area contributed by atoms with Crippen molar-refractivity contribution in [3.8, 4) is 0 Å². The fraction of sp³-hybridized carbons (Fsp3) is 0.944. The minimum atomic E-state index is 0.111. The second kappa shape index (κ2) is 18.4. The van der Waals surface area contributed by atoms with Gasteiger partial charge in [-0.1, -0.05) is 84.0 Å². The normalized spacial score (nSPS) is 10.8. The van der Waals surface area contributed by atoms with Crippen LogP contribution in [-0.2, 0) is 9.63 Å². The lowest BCUT2D eigenvalue weighted by Crippen LogP contribution is -2.27. The van der Waals surface area contributed by atoms with E-state index in [2.05, 4.69) is 17.1 Å². The number of nitrogens with two attached hydrogens (primary N) is 1. The zero-order valence-electron chi connectivity index (χ0n) is 14.7. The number of rotatable bonds is 17. The van der Waals surface area contributed by atoms with E-state index in [4.69, 9.17) is 5.90 Å². The van der Waals surface area contributed by atoms with Crippen LogP contribution in [0, 0.1) is 0 Å². The minimum Gasteiger partial charge on any atom is -0.354 e. The summed E-state index contributed by atoms with van der Waals surface area (Å²) in [7, 11) is 0. The molecule has 4 heteroatoms. The van der Waals surface area contributed by atoms with Gasteiger partial charge in [-0.25, -0.2) is 5.90 Å². The van der Waals surface area contributed by atoms with E-state index in [1.165, 1.54) is 70.6 Å². The molecule has 4 nitrogen and oxygen atoms in total. The van der Waals surface area contributed by atoms with Gasteiger partial charge in [-0.05, 0) is 6.42 Å². The van der Waals surface area contributed by atoms with Crippen LogP contribution in [0.3, 0.4) is 0 Å². The van der Waals surface area contributed by atoms with E-state index in [0.29, 0.717) is 19.6 Å². The van der Waals surface area contributed by atoms with Gasteiger partial charge in [0, 0.05) is 13.0 Å². The largest absolute Gasteiger partial charge is 0.354 e. The van der Waals surface area contributed by atoms with Crippen LogP contribution in [0.15, 0.2) is 0 Å². The lowest BCUT2D eigenvalue weighted by Gasteiger charge is -2.04. The third kappa shape index (κ3) is 17.4. The van der Waals surface area contributed by atoms with Gasteiger partial charge in [-0.15, -0.1) is 0 Å². The Morgan fingerprint density at radius 1 is 0.818 bits per heavy atom. The molecule has 0 aliphatic rings. The topological polar surface area (TPSA) is 64.3 Å². The van der Waals surface area contributed by atoms with Gasteiger partial charge >= 0.3 is 0 Å². The van der Waals surface area contributed by atoms with Gasteiger partial charge in [0.05, 0.1) is 6.61 Å². The maximum Gasteiger partial charge on any atom is 0.220 e. The molecule has 0 aliphatic carbocycles. The molecule has 0 fully saturated rings. The Hall–Kier alpha value is -0.610. The molecule has 0 rings (SSSR count). The maximum absolute atomic E-state index is 11.4. The SMILES string of the molecule is CCCCCCCCCCCCCCCC(=O)NCCON. The molecule has 0 saturated heterocycles. The summed E-state index contributed by atoms with van der Waals surface area (Å²) in [5, 5.41) is 2.78. The first-order chi connectivity index (χ1) is 10.8. The first-order valence-electron chi connectivity index (χ1n) is 9.39. The van der Waals surface area contributed by atoms with Crippen molar-refractivity contribution in [3.05, 3.63) is 0 Å². The summed E-state index contributed by atoms with van der Waals surface area (Å²) in [5.74, 6) is 5.00. The van der Waals surface area contributed by atoms with Crippen molar-refractivity contribution in [2.24, 2.45) is 5.90 Å². The summed E-state index contributed by atoms with van der Waals surface area (Å²) in [4.78, 5) is 15.8. The summed E-state index contributed by atoms with van der Waals surface area (Å²) in [6.45, 7) is 3.15. The highest BCUT2D eigenvalue weighted by molar-refractivity contribution is 5.75. The van der Waals surface area contributed by atoms with Crippen LogP contribution in [0.5, 0.6) is 0 Å². The fourth-order valence-corrected chi connectivity index (χ4v) is 2.64. The first kappa shape index (κ1) is 21.4. The molecule has 0 bridgehead atoms. The molecular weight excluding hydrogens is 276 g/mol. The Balaban J connectivity index is 3.06. The number of hydrogen-bond donors (Lipinski definition) is 2. The molecular formula is C18H38N2O2. The lowest BCUT2D eigenvalue weighted by molar-refractivity contribution is -0.121. The van der Waals surface area contributed by atoms with Crippen molar-refractivity contribution in [2.45, 2.75) is 96.8 Å². The fourth-order valence-electron chi connectivity index (χ4n) is 2.64. The molecule has 0 aromatic heterocycles. The first-order valence-corrected chi connectivity index (χ1v) is 9.39. The molecule has 0 atom stereocenters. The molecule has 0 heterocycles. The van der Waals surface area contributed by atoms with Gasteiger partial charge in [-0.3, -0.25) is 4.79 Å². The Morgan fingerprint density at radius 2 is 1.27 bits per heavy atom. The Morgan fingerprint density at radius 3 is 1.73 bits per heavy atom. The average Bonchev–Trinajstić information content (AvgIpc) is 2.52. The van der Waals surface area contributed by atoms with Crippen molar-refractivity contribution < 1.29 is 9.63 Å². The molecule has 0 aromatic rings. The van der Waals surface area contributed by atoms with Crippen molar-refractivity contribution in [1.82, 2.24) is 5.32 Å². The van der Waals surface area contributed by atoms with Crippen LogP contribution in [0.25, 0.3) is 0 Å². The van der Waals surface area contributed by atoms with Crippen LogP contribution in [-0.4, -0.2) is 19.1 Å². The molecule has 0 saturated carbocycles. The van der Waals surface area contributed by atoms with Crippen LogP contribution in [0.2, 0.25) is 0 Å². The second-order valence-electron chi connectivity index (χ2n) is 6.21.